The summed E-state index contributed by atoms with van der Waals surface area (Å²) in [6.07, 6.45) is 5.85. The Labute approximate surface area is 146 Å². The number of fused-ring (bicyclic) bond motifs is 2. The van der Waals surface area contributed by atoms with Crippen LogP contribution >= 0.6 is 0 Å². The molecule has 1 fully saturated rings. The lowest BCUT2D eigenvalue weighted by Crippen LogP contribution is -2.56. The lowest BCUT2D eigenvalue weighted by Gasteiger charge is -2.43. The standard InChI is InChI=1S/C19H19N3O3/c23-19(25-11-14-5-2-1-3-6-14)22-16-9-15(10-17(22)13-24-12-16)18-20-7-4-8-21-18/h1-9,16-17H,10-13H2. The summed E-state index contributed by atoms with van der Waals surface area (Å²) in [4.78, 5) is 23.0. The normalized spacial score (nSPS) is 22.2. The number of ether oxygens (including phenoxy) is 2. The number of carbonyl (C=O) groups excluding carboxylic acids is 1. The minimum atomic E-state index is -0.300. The molecule has 6 nitrogen and oxygen atoms in total. The average molecular weight is 337 g/mol. The largest absolute Gasteiger partial charge is 0.445 e. The van der Waals surface area contributed by atoms with E-state index in [1.54, 1.807) is 23.4 Å². The molecule has 128 valence electrons. The van der Waals surface area contributed by atoms with Crippen LogP contribution in [0, 0.1) is 0 Å². The molecule has 1 amide bonds. The van der Waals surface area contributed by atoms with Gasteiger partial charge in [0.05, 0.1) is 25.3 Å². The van der Waals surface area contributed by atoms with Gasteiger partial charge in [0.15, 0.2) is 5.82 Å². The number of amides is 1. The summed E-state index contributed by atoms with van der Waals surface area (Å²) >= 11 is 0. The minimum Gasteiger partial charge on any atom is -0.445 e. The number of benzene rings is 1. The fraction of sp³-hybridized carbons (Fsp3) is 0.316. The third-order valence-electron chi connectivity index (χ3n) is 4.47. The van der Waals surface area contributed by atoms with Gasteiger partial charge in [-0.3, -0.25) is 4.90 Å². The number of aromatic nitrogens is 2. The van der Waals surface area contributed by atoms with Crippen molar-refractivity contribution in [1.82, 2.24) is 14.9 Å². The lowest BCUT2D eigenvalue weighted by atomic mass is 9.94. The molecule has 25 heavy (non-hydrogen) atoms. The van der Waals surface area contributed by atoms with Crippen LogP contribution in [0.5, 0.6) is 0 Å². The highest BCUT2D eigenvalue weighted by Crippen LogP contribution is 2.31. The zero-order valence-electron chi connectivity index (χ0n) is 13.7. The summed E-state index contributed by atoms with van der Waals surface area (Å²) in [5.74, 6) is 0.719. The van der Waals surface area contributed by atoms with Crippen LogP contribution in [0.15, 0.2) is 54.9 Å². The zero-order valence-corrected chi connectivity index (χ0v) is 13.7. The van der Waals surface area contributed by atoms with Gasteiger partial charge in [-0.25, -0.2) is 14.8 Å². The maximum atomic E-state index is 12.6. The van der Waals surface area contributed by atoms with E-state index in [1.807, 2.05) is 36.4 Å². The third-order valence-corrected chi connectivity index (χ3v) is 4.47. The van der Waals surface area contributed by atoms with Crippen LogP contribution in [0.25, 0.3) is 5.57 Å². The second-order valence-electron chi connectivity index (χ2n) is 6.17. The van der Waals surface area contributed by atoms with Crippen LogP contribution in [-0.4, -0.2) is 46.3 Å². The number of hydrogen-bond acceptors (Lipinski definition) is 5. The molecular weight excluding hydrogens is 318 g/mol. The van der Waals surface area contributed by atoms with Gasteiger partial charge < -0.3 is 9.47 Å². The van der Waals surface area contributed by atoms with E-state index in [9.17, 15) is 4.79 Å². The van der Waals surface area contributed by atoms with Crippen LogP contribution < -0.4 is 0 Å². The van der Waals surface area contributed by atoms with E-state index in [4.69, 9.17) is 9.47 Å². The van der Waals surface area contributed by atoms with Crippen molar-refractivity contribution < 1.29 is 14.3 Å². The molecular formula is C19H19N3O3. The van der Waals surface area contributed by atoms with Crippen LogP contribution in [0.2, 0.25) is 0 Å². The fourth-order valence-corrected chi connectivity index (χ4v) is 3.31. The summed E-state index contributed by atoms with van der Waals surface area (Å²) in [7, 11) is 0. The number of rotatable bonds is 3. The highest BCUT2D eigenvalue weighted by Gasteiger charge is 2.39. The molecule has 0 radical (unpaired) electrons. The first-order valence-corrected chi connectivity index (χ1v) is 8.36. The van der Waals surface area contributed by atoms with Crippen LogP contribution in [0.3, 0.4) is 0 Å². The molecule has 6 heteroatoms. The number of nitrogens with zero attached hydrogens (tertiary/aromatic N) is 3. The average Bonchev–Trinajstić information content (AvgIpc) is 2.66. The van der Waals surface area contributed by atoms with Crippen LogP contribution in [-0.2, 0) is 16.1 Å². The van der Waals surface area contributed by atoms with Gasteiger partial charge >= 0.3 is 6.09 Å². The minimum absolute atomic E-state index is 0.0502. The maximum absolute atomic E-state index is 12.6. The zero-order chi connectivity index (χ0) is 17.1. The highest BCUT2D eigenvalue weighted by molar-refractivity contribution is 5.73. The Morgan fingerprint density at radius 3 is 2.72 bits per heavy atom. The Morgan fingerprint density at radius 2 is 1.96 bits per heavy atom. The van der Waals surface area contributed by atoms with E-state index in [0.29, 0.717) is 19.6 Å². The first-order chi connectivity index (χ1) is 12.3. The molecule has 2 aliphatic rings. The van der Waals surface area contributed by atoms with Crippen LogP contribution in [0.1, 0.15) is 17.8 Å². The molecule has 2 bridgehead atoms. The number of hydrogen-bond donors (Lipinski definition) is 0. The molecule has 4 rings (SSSR count). The van der Waals surface area contributed by atoms with E-state index >= 15 is 0 Å². The predicted molar refractivity (Wildman–Crippen MR) is 91.5 cm³/mol. The molecule has 0 saturated carbocycles. The number of carbonyl (C=O) groups is 1. The van der Waals surface area contributed by atoms with Crippen molar-refractivity contribution >= 4 is 11.7 Å². The van der Waals surface area contributed by atoms with Gasteiger partial charge in [-0.2, -0.15) is 0 Å². The van der Waals surface area contributed by atoms with Gasteiger partial charge in [-0.1, -0.05) is 36.4 Å². The van der Waals surface area contributed by atoms with Crippen molar-refractivity contribution in [3.63, 3.8) is 0 Å². The molecule has 1 aromatic carbocycles. The second-order valence-corrected chi connectivity index (χ2v) is 6.17. The second kappa shape index (κ2) is 7.03. The first-order valence-electron chi connectivity index (χ1n) is 8.36. The molecule has 0 aliphatic carbocycles. The Balaban J connectivity index is 1.49. The monoisotopic (exact) mass is 337 g/mol. The summed E-state index contributed by atoms with van der Waals surface area (Å²) in [5.41, 5.74) is 2.04. The van der Waals surface area contributed by atoms with Crippen molar-refractivity contribution in [2.24, 2.45) is 0 Å². The summed E-state index contributed by atoms with van der Waals surface area (Å²) in [5, 5.41) is 0. The first kappa shape index (κ1) is 15.8. The van der Waals surface area contributed by atoms with E-state index < -0.39 is 0 Å². The Hall–Kier alpha value is -2.73. The summed E-state index contributed by atoms with van der Waals surface area (Å²) in [6.45, 7) is 1.24. The van der Waals surface area contributed by atoms with E-state index in [2.05, 4.69) is 9.97 Å². The molecule has 2 unspecified atom stereocenters. The fourth-order valence-electron chi connectivity index (χ4n) is 3.31. The Morgan fingerprint density at radius 1 is 1.16 bits per heavy atom. The summed E-state index contributed by atoms with van der Waals surface area (Å²) in [6, 6.07) is 11.3. The number of morpholine rings is 1. The van der Waals surface area contributed by atoms with Crippen LogP contribution in [0.4, 0.5) is 4.79 Å². The van der Waals surface area contributed by atoms with E-state index in [-0.39, 0.29) is 24.8 Å². The molecule has 0 N–H and O–H groups in total. The van der Waals surface area contributed by atoms with E-state index in [0.717, 1.165) is 17.0 Å². The van der Waals surface area contributed by atoms with Crippen molar-refractivity contribution in [2.75, 3.05) is 13.2 Å². The quantitative estimate of drug-likeness (QED) is 0.861. The van der Waals surface area contributed by atoms with Gasteiger partial charge in [-0.05, 0) is 23.6 Å². The molecule has 2 aliphatic heterocycles. The molecule has 1 aromatic heterocycles. The van der Waals surface area contributed by atoms with Crippen molar-refractivity contribution in [3.8, 4) is 0 Å². The molecule has 2 atom stereocenters. The SMILES string of the molecule is O=C(OCc1ccccc1)N1C2C=C(c3ncccn3)CC1COC2. The van der Waals surface area contributed by atoms with Gasteiger partial charge in [0.2, 0.25) is 0 Å². The molecule has 0 spiro atoms. The smallest absolute Gasteiger partial charge is 0.411 e. The molecule has 1 saturated heterocycles. The Kier molecular flexibility index (Phi) is 4.43. The molecule has 2 aromatic rings. The highest BCUT2D eigenvalue weighted by atomic mass is 16.6. The van der Waals surface area contributed by atoms with Gasteiger partial charge in [0.25, 0.3) is 0 Å². The van der Waals surface area contributed by atoms with Gasteiger partial charge in [0.1, 0.15) is 6.61 Å². The third kappa shape index (κ3) is 3.39. The van der Waals surface area contributed by atoms with Crippen molar-refractivity contribution in [1.29, 1.82) is 0 Å². The van der Waals surface area contributed by atoms with Crippen molar-refractivity contribution in [2.45, 2.75) is 25.1 Å². The maximum Gasteiger partial charge on any atom is 0.411 e. The Bertz CT molecular complexity index is 764. The van der Waals surface area contributed by atoms with Gasteiger partial charge in [0, 0.05) is 12.4 Å². The molecule has 3 heterocycles. The predicted octanol–water partition coefficient (Wildman–Crippen LogP) is 2.67. The summed E-state index contributed by atoms with van der Waals surface area (Å²) < 4.78 is 11.1. The van der Waals surface area contributed by atoms with Crippen molar-refractivity contribution in [3.05, 3.63) is 66.3 Å². The lowest BCUT2D eigenvalue weighted by molar-refractivity contribution is -0.0342. The van der Waals surface area contributed by atoms with E-state index in [1.165, 1.54) is 0 Å². The topological polar surface area (TPSA) is 64.5 Å². The van der Waals surface area contributed by atoms with Gasteiger partial charge in [-0.15, -0.1) is 0 Å².